The third-order valence-corrected chi connectivity index (χ3v) is 3.88. The molecule has 0 amide bonds. The molecule has 2 rings (SSSR count). The van der Waals surface area contributed by atoms with E-state index in [9.17, 15) is 0 Å². The van der Waals surface area contributed by atoms with Gasteiger partial charge >= 0.3 is 0 Å². The predicted molar refractivity (Wildman–Crippen MR) is 77.0 cm³/mol. The molecule has 0 bridgehead atoms. The van der Waals surface area contributed by atoms with Gasteiger partial charge in [-0.15, -0.1) is 11.8 Å². The standard InChI is InChI=1S/C14H19N3OS/c1-9-5-6-10(2)11(7-9)19-8-12-16-13(17-18-12)14(3,4)15/h5-7H,8,15H2,1-4H3. The fourth-order valence-corrected chi connectivity index (χ4v) is 2.54. The smallest absolute Gasteiger partial charge is 0.237 e. The summed E-state index contributed by atoms with van der Waals surface area (Å²) in [7, 11) is 0. The number of aryl methyl sites for hydroxylation is 2. The van der Waals surface area contributed by atoms with Crippen LogP contribution in [0.1, 0.15) is 36.7 Å². The van der Waals surface area contributed by atoms with Gasteiger partial charge < -0.3 is 10.3 Å². The molecule has 0 saturated heterocycles. The van der Waals surface area contributed by atoms with E-state index in [0.717, 1.165) is 0 Å². The molecule has 1 heterocycles. The fourth-order valence-electron chi connectivity index (χ4n) is 1.58. The number of benzene rings is 1. The molecule has 102 valence electrons. The largest absolute Gasteiger partial charge is 0.338 e. The maximum atomic E-state index is 5.93. The molecule has 0 fully saturated rings. The summed E-state index contributed by atoms with van der Waals surface area (Å²) in [6, 6.07) is 6.41. The van der Waals surface area contributed by atoms with Crippen LogP contribution in [0.3, 0.4) is 0 Å². The number of hydrogen-bond donors (Lipinski definition) is 1. The van der Waals surface area contributed by atoms with Crippen LogP contribution in [0.5, 0.6) is 0 Å². The zero-order valence-corrected chi connectivity index (χ0v) is 12.5. The van der Waals surface area contributed by atoms with E-state index in [1.165, 1.54) is 16.0 Å². The van der Waals surface area contributed by atoms with E-state index in [4.69, 9.17) is 10.3 Å². The van der Waals surface area contributed by atoms with Crippen molar-refractivity contribution in [2.75, 3.05) is 0 Å². The molecule has 0 radical (unpaired) electrons. The van der Waals surface area contributed by atoms with Crippen molar-refractivity contribution in [3.05, 3.63) is 41.0 Å². The zero-order valence-electron chi connectivity index (χ0n) is 11.7. The molecular weight excluding hydrogens is 258 g/mol. The highest BCUT2D eigenvalue weighted by molar-refractivity contribution is 7.98. The van der Waals surface area contributed by atoms with Gasteiger partial charge in [0.2, 0.25) is 5.89 Å². The quantitative estimate of drug-likeness (QED) is 0.870. The van der Waals surface area contributed by atoms with Crippen LogP contribution < -0.4 is 5.73 Å². The second-order valence-corrected chi connectivity index (χ2v) is 6.31. The minimum Gasteiger partial charge on any atom is -0.338 e. The van der Waals surface area contributed by atoms with Gasteiger partial charge in [-0.3, -0.25) is 0 Å². The van der Waals surface area contributed by atoms with Crippen molar-refractivity contribution in [1.82, 2.24) is 10.1 Å². The first-order chi connectivity index (χ1) is 8.86. The Balaban J connectivity index is 2.06. The Labute approximate surface area is 117 Å². The van der Waals surface area contributed by atoms with Crippen molar-refractivity contribution < 1.29 is 4.52 Å². The molecule has 0 aliphatic rings. The molecule has 1 aromatic heterocycles. The summed E-state index contributed by atoms with van der Waals surface area (Å²) in [6.07, 6.45) is 0. The van der Waals surface area contributed by atoms with Gasteiger partial charge in [0.15, 0.2) is 5.82 Å². The molecule has 0 atom stereocenters. The Bertz CT molecular complexity index is 572. The second kappa shape index (κ2) is 5.35. The van der Waals surface area contributed by atoms with E-state index >= 15 is 0 Å². The van der Waals surface area contributed by atoms with E-state index in [-0.39, 0.29) is 0 Å². The van der Waals surface area contributed by atoms with E-state index < -0.39 is 5.54 Å². The third kappa shape index (κ3) is 3.58. The van der Waals surface area contributed by atoms with Crippen molar-refractivity contribution in [1.29, 1.82) is 0 Å². The lowest BCUT2D eigenvalue weighted by Crippen LogP contribution is -2.30. The Morgan fingerprint density at radius 3 is 2.68 bits per heavy atom. The fraction of sp³-hybridized carbons (Fsp3) is 0.429. The number of nitrogens with zero attached hydrogens (tertiary/aromatic N) is 2. The number of thioether (sulfide) groups is 1. The Kier molecular flexibility index (Phi) is 3.96. The summed E-state index contributed by atoms with van der Waals surface area (Å²) in [6.45, 7) is 7.91. The highest BCUT2D eigenvalue weighted by Gasteiger charge is 2.21. The van der Waals surface area contributed by atoms with Gasteiger partial charge in [-0.25, -0.2) is 0 Å². The average Bonchev–Trinajstić information content (AvgIpc) is 2.79. The molecule has 4 nitrogen and oxygen atoms in total. The molecular formula is C14H19N3OS. The number of hydrogen-bond acceptors (Lipinski definition) is 5. The van der Waals surface area contributed by atoms with Crippen LogP contribution in [0.4, 0.5) is 0 Å². The van der Waals surface area contributed by atoms with Crippen LogP contribution >= 0.6 is 11.8 Å². The van der Waals surface area contributed by atoms with E-state index in [1.54, 1.807) is 11.8 Å². The molecule has 0 saturated carbocycles. The summed E-state index contributed by atoms with van der Waals surface area (Å²) in [5.41, 5.74) is 7.88. The first-order valence-corrected chi connectivity index (χ1v) is 7.17. The Morgan fingerprint density at radius 1 is 1.32 bits per heavy atom. The Morgan fingerprint density at radius 2 is 2.05 bits per heavy atom. The van der Waals surface area contributed by atoms with Crippen LogP contribution in [0.15, 0.2) is 27.6 Å². The predicted octanol–water partition coefficient (Wildman–Crippen LogP) is 3.17. The van der Waals surface area contributed by atoms with E-state index in [0.29, 0.717) is 17.5 Å². The van der Waals surface area contributed by atoms with Crippen LogP contribution in [0.2, 0.25) is 0 Å². The van der Waals surface area contributed by atoms with Gasteiger partial charge in [0.1, 0.15) is 0 Å². The first kappa shape index (κ1) is 14.1. The number of nitrogens with two attached hydrogens (primary N) is 1. The van der Waals surface area contributed by atoms with E-state index in [2.05, 4.69) is 42.2 Å². The summed E-state index contributed by atoms with van der Waals surface area (Å²) >= 11 is 1.70. The lowest BCUT2D eigenvalue weighted by Gasteiger charge is -2.11. The van der Waals surface area contributed by atoms with Crippen molar-refractivity contribution in [3.8, 4) is 0 Å². The molecule has 5 heteroatoms. The minimum absolute atomic E-state index is 0.545. The minimum atomic E-state index is -0.564. The van der Waals surface area contributed by atoms with Crippen molar-refractivity contribution in [2.45, 2.75) is 43.9 Å². The first-order valence-electron chi connectivity index (χ1n) is 6.18. The van der Waals surface area contributed by atoms with Gasteiger partial charge in [0.25, 0.3) is 0 Å². The highest BCUT2D eigenvalue weighted by Crippen LogP contribution is 2.27. The van der Waals surface area contributed by atoms with Gasteiger partial charge in [-0.05, 0) is 39.3 Å². The zero-order chi connectivity index (χ0) is 14.0. The maximum absolute atomic E-state index is 5.93. The molecule has 19 heavy (non-hydrogen) atoms. The molecule has 1 aromatic carbocycles. The maximum Gasteiger partial charge on any atom is 0.237 e. The van der Waals surface area contributed by atoms with Crippen molar-refractivity contribution in [3.63, 3.8) is 0 Å². The van der Waals surface area contributed by atoms with E-state index in [1.807, 2.05) is 13.8 Å². The third-order valence-electron chi connectivity index (χ3n) is 2.74. The molecule has 2 N–H and O–H groups in total. The normalized spacial score (nSPS) is 11.8. The molecule has 2 aromatic rings. The van der Waals surface area contributed by atoms with Crippen LogP contribution in [0.25, 0.3) is 0 Å². The molecule has 0 aliphatic carbocycles. The molecule has 0 unspecified atom stereocenters. The van der Waals surface area contributed by atoms with Crippen LogP contribution in [-0.4, -0.2) is 10.1 Å². The van der Waals surface area contributed by atoms with Crippen molar-refractivity contribution in [2.24, 2.45) is 5.73 Å². The Hall–Kier alpha value is -1.33. The number of aromatic nitrogens is 2. The highest BCUT2D eigenvalue weighted by atomic mass is 32.2. The molecule has 0 aliphatic heterocycles. The topological polar surface area (TPSA) is 64.9 Å². The van der Waals surface area contributed by atoms with Gasteiger partial charge in [0.05, 0.1) is 11.3 Å². The second-order valence-electron chi connectivity index (χ2n) is 5.29. The molecule has 0 spiro atoms. The summed E-state index contributed by atoms with van der Waals surface area (Å²) < 4.78 is 5.22. The monoisotopic (exact) mass is 277 g/mol. The average molecular weight is 277 g/mol. The van der Waals surface area contributed by atoms with Gasteiger partial charge in [-0.2, -0.15) is 4.98 Å². The van der Waals surface area contributed by atoms with Crippen LogP contribution in [-0.2, 0) is 11.3 Å². The van der Waals surface area contributed by atoms with Crippen LogP contribution in [0, 0.1) is 13.8 Å². The summed E-state index contributed by atoms with van der Waals surface area (Å²) in [5, 5.41) is 3.92. The SMILES string of the molecule is Cc1ccc(C)c(SCc2nc(C(C)(C)N)no2)c1. The summed E-state index contributed by atoms with van der Waals surface area (Å²) in [5.74, 6) is 1.82. The summed E-state index contributed by atoms with van der Waals surface area (Å²) in [4.78, 5) is 5.57. The van der Waals surface area contributed by atoms with Gasteiger partial charge in [0, 0.05) is 4.90 Å². The lowest BCUT2D eigenvalue weighted by atomic mass is 10.1. The van der Waals surface area contributed by atoms with Crippen molar-refractivity contribution >= 4 is 11.8 Å². The number of rotatable bonds is 4. The lowest BCUT2D eigenvalue weighted by molar-refractivity contribution is 0.370. The van der Waals surface area contributed by atoms with Gasteiger partial charge in [-0.1, -0.05) is 22.9 Å².